The summed E-state index contributed by atoms with van der Waals surface area (Å²) in [6.07, 6.45) is 3.52. The summed E-state index contributed by atoms with van der Waals surface area (Å²) >= 11 is 8.19. The molecule has 0 radical (unpaired) electrons. The first-order valence-corrected chi connectivity index (χ1v) is 6.29. The van der Waals surface area contributed by atoms with Gasteiger partial charge in [-0.05, 0) is 36.4 Å². The van der Waals surface area contributed by atoms with Crippen molar-refractivity contribution in [3.05, 3.63) is 26.9 Å². The molecule has 0 bridgehead atoms. The highest BCUT2D eigenvalue weighted by atomic mass is 127. The van der Waals surface area contributed by atoms with Gasteiger partial charge in [-0.3, -0.25) is 0 Å². The molecule has 16 heavy (non-hydrogen) atoms. The van der Waals surface area contributed by atoms with Crippen molar-refractivity contribution >= 4 is 34.2 Å². The predicted octanol–water partition coefficient (Wildman–Crippen LogP) is 2.93. The number of rotatable bonds is 2. The van der Waals surface area contributed by atoms with Gasteiger partial charge in [-0.25, -0.2) is 15.0 Å². The SMILES string of the molecule is CCn1cncc1-c1nc(C)c(I)c(Cl)n1. The highest BCUT2D eigenvalue weighted by molar-refractivity contribution is 14.1. The first-order chi connectivity index (χ1) is 7.63. The highest BCUT2D eigenvalue weighted by Gasteiger charge is 2.11. The fourth-order valence-corrected chi connectivity index (χ4v) is 1.86. The van der Waals surface area contributed by atoms with Crippen molar-refractivity contribution in [2.24, 2.45) is 0 Å². The fraction of sp³-hybridized carbons (Fsp3) is 0.300. The molecule has 2 aromatic rings. The monoisotopic (exact) mass is 348 g/mol. The van der Waals surface area contributed by atoms with E-state index in [0.29, 0.717) is 11.0 Å². The maximum absolute atomic E-state index is 6.04. The van der Waals surface area contributed by atoms with Crippen LogP contribution in [0.15, 0.2) is 12.5 Å². The van der Waals surface area contributed by atoms with Crippen molar-refractivity contribution in [2.75, 3.05) is 0 Å². The first-order valence-electron chi connectivity index (χ1n) is 4.83. The maximum atomic E-state index is 6.04. The van der Waals surface area contributed by atoms with E-state index in [1.165, 1.54) is 0 Å². The van der Waals surface area contributed by atoms with Crippen LogP contribution in [-0.4, -0.2) is 19.5 Å². The quantitative estimate of drug-likeness (QED) is 0.619. The minimum Gasteiger partial charge on any atom is -0.328 e. The van der Waals surface area contributed by atoms with Crippen LogP contribution in [0.2, 0.25) is 5.15 Å². The molecule has 0 unspecified atom stereocenters. The van der Waals surface area contributed by atoms with Crippen molar-refractivity contribution in [1.82, 2.24) is 19.5 Å². The van der Waals surface area contributed by atoms with Crippen LogP contribution in [0.25, 0.3) is 11.5 Å². The van der Waals surface area contributed by atoms with Gasteiger partial charge >= 0.3 is 0 Å². The molecule has 0 aromatic carbocycles. The predicted molar refractivity (Wildman–Crippen MR) is 71.4 cm³/mol. The van der Waals surface area contributed by atoms with E-state index in [0.717, 1.165) is 21.5 Å². The molecule has 0 fully saturated rings. The second-order valence-electron chi connectivity index (χ2n) is 3.30. The van der Waals surface area contributed by atoms with E-state index < -0.39 is 0 Å². The molecular weight excluding hydrogens is 338 g/mol. The average Bonchev–Trinajstić information content (AvgIpc) is 2.73. The molecule has 2 heterocycles. The van der Waals surface area contributed by atoms with E-state index in [1.54, 1.807) is 12.5 Å². The van der Waals surface area contributed by atoms with Crippen LogP contribution in [0.3, 0.4) is 0 Å². The smallest absolute Gasteiger partial charge is 0.179 e. The number of hydrogen-bond acceptors (Lipinski definition) is 3. The van der Waals surface area contributed by atoms with Gasteiger partial charge in [0.25, 0.3) is 0 Å². The Morgan fingerprint density at radius 3 is 2.81 bits per heavy atom. The third-order valence-corrected chi connectivity index (χ3v) is 4.14. The Hall–Kier alpha value is -0.690. The second-order valence-corrected chi connectivity index (χ2v) is 4.74. The number of imidazole rings is 1. The number of aryl methyl sites for hydroxylation is 2. The topological polar surface area (TPSA) is 43.6 Å². The van der Waals surface area contributed by atoms with Gasteiger partial charge in [0.1, 0.15) is 10.8 Å². The largest absolute Gasteiger partial charge is 0.328 e. The van der Waals surface area contributed by atoms with Crippen molar-refractivity contribution in [2.45, 2.75) is 20.4 Å². The van der Waals surface area contributed by atoms with Gasteiger partial charge in [0, 0.05) is 6.54 Å². The van der Waals surface area contributed by atoms with Gasteiger partial charge in [-0.15, -0.1) is 0 Å². The molecule has 0 aliphatic carbocycles. The Morgan fingerprint density at radius 2 is 2.19 bits per heavy atom. The summed E-state index contributed by atoms with van der Waals surface area (Å²) in [5, 5.41) is 0.493. The molecule has 4 nitrogen and oxygen atoms in total. The molecule has 0 spiro atoms. The van der Waals surface area contributed by atoms with Crippen molar-refractivity contribution in [1.29, 1.82) is 0 Å². The lowest BCUT2D eigenvalue weighted by Gasteiger charge is -2.06. The zero-order valence-corrected chi connectivity index (χ0v) is 11.8. The van der Waals surface area contributed by atoms with Crippen LogP contribution in [0.1, 0.15) is 12.6 Å². The molecular formula is C10H10ClIN4. The summed E-state index contributed by atoms with van der Waals surface area (Å²) in [4.78, 5) is 12.8. The van der Waals surface area contributed by atoms with Crippen LogP contribution in [0, 0.1) is 10.5 Å². The molecule has 0 N–H and O–H groups in total. The van der Waals surface area contributed by atoms with E-state index in [9.17, 15) is 0 Å². The van der Waals surface area contributed by atoms with Gasteiger partial charge in [0.15, 0.2) is 5.82 Å². The van der Waals surface area contributed by atoms with Gasteiger partial charge in [-0.2, -0.15) is 0 Å². The minimum atomic E-state index is 0.493. The minimum absolute atomic E-state index is 0.493. The lowest BCUT2D eigenvalue weighted by atomic mass is 10.4. The van der Waals surface area contributed by atoms with Crippen LogP contribution < -0.4 is 0 Å². The standard InChI is InChI=1S/C10H10ClIN4/c1-3-16-5-13-4-7(16)10-14-6(2)8(12)9(11)15-10/h4-5H,3H2,1-2H3. The first kappa shape index (κ1) is 11.8. The summed E-state index contributed by atoms with van der Waals surface area (Å²) in [6, 6.07) is 0. The summed E-state index contributed by atoms with van der Waals surface area (Å²) in [5.41, 5.74) is 1.78. The van der Waals surface area contributed by atoms with E-state index >= 15 is 0 Å². The third kappa shape index (κ3) is 2.06. The lowest BCUT2D eigenvalue weighted by Crippen LogP contribution is -2.01. The normalized spacial score (nSPS) is 10.8. The Kier molecular flexibility index (Phi) is 3.44. The molecule has 6 heteroatoms. The Labute approximate surface area is 112 Å². The van der Waals surface area contributed by atoms with Crippen LogP contribution in [0.5, 0.6) is 0 Å². The van der Waals surface area contributed by atoms with E-state index in [2.05, 4.69) is 37.5 Å². The Bertz CT molecular complexity index is 500. The molecule has 0 saturated carbocycles. The van der Waals surface area contributed by atoms with Crippen molar-refractivity contribution in [3.63, 3.8) is 0 Å². The zero-order chi connectivity index (χ0) is 11.7. The maximum Gasteiger partial charge on any atom is 0.179 e. The molecule has 2 rings (SSSR count). The van der Waals surface area contributed by atoms with Crippen molar-refractivity contribution < 1.29 is 0 Å². The number of nitrogens with zero attached hydrogens (tertiary/aromatic N) is 4. The Balaban J connectivity index is 2.57. The summed E-state index contributed by atoms with van der Waals surface area (Å²) < 4.78 is 2.88. The average molecular weight is 349 g/mol. The zero-order valence-electron chi connectivity index (χ0n) is 8.91. The van der Waals surface area contributed by atoms with Crippen LogP contribution >= 0.6 is 34.2 Å². The van der Waals surface area contributed by atoms with Gasteiger partial charge in [0.05, 0.1) is 21.8 Å². The number of halogens is 2. The van der Waals surface area contributed by atoms with Crippen LogP contribution in [0.4, 0.5) is 0 Å². The second kappa shape index (κ2) is 4.67. The van der Waals surface area contributed by atoms with Crippen LogP contribution in [-0.2, 0) is 6.54 Å². The highest BCUT2D eigenvalue weighted by Crippen LogP contribution is 2.23. The summed E-state index contributed by atoms with van der Waals surface area (Å²) in [6.45, 7) is 4.80. The van der Waals surface area contributed by atoms with Gasteiger partial charge < -0.3 is 4.57 Å². The lowest BCUT2D eigenvalue weighted by molar-refractivity contribution is 0.763. The Morgan fingerprint density at radius 1 is 1.44 bits per heavy atom. The third-order valence-electron chi connectivity index (χ3n) is 2.26. The van der Waals surface area contributed by atoms with E-state index in [1.807, 2.05) is 18.4 Å². The van der Waals surface area contributed by atoms with Gasteiger partial charge in [0.2, 0.25) is 0 Å². The molecule has 0 saturated heterocycles. The molecule has 0 amide bonds. The van der Waals surface area contributed by atoms with E-state index in [-0.39, 0.29) is 0 Å². The molecule has 84 valence electrons. The fourth-order valence-electron chi connectivity index (χ4n) is 1.40. The van der Waals surface area contributed by atoms with E-state index in [4.69, 9.17) is 11.6 Å². The molecule has 2 aromatic heterocycles. The molecule has 0 aliphatic rings. The number of aromatic nitrogens is 4. The van der Waals surface area contributed by atoms with Gasteiger partial charge in [-0.1, -0.05) is 11.6 Å². The molecule has 0 aliphatic heterocycles. The van der Waals surface area contributed by atoms with Crippen molar-refractivity contribution in [3.8, 4) is 11.5 Å². The molecule has 0 atom stereocenters. The summed E-state index contributed by atoms with van der Waals surface area (Å²) in [7, 11) is 0. The summed E-state index contributed by atoms with van der Waals surface area (Å²) in [5.74, 6) is 0.627. The number of hydrogen-bond donors (Lipinski definition) is 0.